The minimum Gasteiger partial charge on any atom is -0.362 e. The number of carbonyl (C=O) groups is 1. The normalized spacial score (nSPS) is 11.1. The van der Waals surface area contributed by atoms with Gasteiger partial charge in [0.15, 0.2) is 0 Å². The van der Waals surface area contributed by atoms with E-state index in [1.165, 1.54) is 17.0 Å². The van der Waals surface area contributed by atoms with E-state index in [-0.39, 0.29) is 11.7 Å². The molecule has 3 rings (SSSR count). The van der Waals surface area contributed by atoms with Crippen LogP contribution in [0.5, 0.6) is 0 Å². The lowest BCUT2D eigenvalue weighted by molar-refractivity contribution is 0.0827. The molecule has 5 heteroatoms. The molecule has 4 nitrogen and oxygen atoms in total. The molecule has 0 aliphatic carbocycles. The zero-order valence-electron chi connectivity index (χ0n) is 15.0. The summed E-state index contributed by atoms with van der Waals surface area (Å²) in [5.41, 5.74) is 3.78. The van der Waals surface area contributed by atoms with E-state index >= 15 is 0 Å². The number of aromatic nitrogens is 1. The third-order valence-electron chi connectivity index (χ3n) is 4.05. The van der Waals surface area contributed by atoms with E-state index in [1.807, 2.05) is 31.2 Å². The van der Waals surface area contributed by atoms with Crippen LogP contribution in [0.1, 0.15) is 21.6 Å². The molecule has 132 valence electrons. The molecule has 3 aromatic rings. The molecule has 26 heavy (non-hydrogen) atoms. The number of carbonyl (C=O) groups excluding carboxylic acids is 1. The average molecular weight is 349 g/mol. The molecule has 0 fully saturated rings. The number of hydrogen-bond acceptors (Lipinski definition) is 3. The van der Waals surface area contributed by atoms with E-state index in [0.717, 1.165) is 22.2 Å². The molecular formula is C21H20FN3O. The third kappa shape index (κ3) is 3.72. The third-order valence-corrected chi connectivity index (χ3v) is 4.05. The number of nitrogens with one attached hydrogen (secondary N) is 1. The topological polar surface area (TPSA) is 45.2 Å². The highest BCUT2D eigenvalue weighted by Gasteiger charge is 2.15. The van der Waals surface area contributed by atoms with E-state index in [2.05, 4.69) is 10.3 Å². The standard InChI is InChI=1S/C21H20FN3O/c1-14-5-4-6-15-13-18(21(26)25(2)3)19(24-20(14)15)11-12-23-17-9-7-16(22)8-10-17/h4-13,23H,1-3H3. The van der Waals surface area contributed by atoms with Gasteiger partial charge in [-0.15, -0.1) is 0 Å². The van der Waals surface area contributed by atoms with Gasteiger partial charge in [0.2, 0.25) is 0 Å². The number of rotatable bonds is 4. The van der Waals surface area contributed by atoms with Crippen LogP contribution in [-0.2, 0) is 0 Å². The predicted molar refractivity (Wildman–Crippen MR) is 104 cm³/mol. The van der Waals surface area contributed by atoms with Crippen LogP contribution in [-0.4, -0.2) is 29.9 Å². The monoisotopic (exact) mass is 349 g/mol. The number of halogens is 1. The lowest BCUT2D eigenvalue weighted by Gasteiger charge is -2.14. The number of nitrogens with zero attached hydrogens (tertiary/aromatic N) is 2. The zero-order valence-corrected chi connectivity index (χ0v) is 15.0. The van der Waals surface area contributed by atoms with Crippen molar-refractivity contribution in [2.45, 2.75) is 6.92 Å². The van der Waals surface area contributed by atoms with Crippen LogP contribution < -0.4 is 5.32 Å². The van der Waals surface area contributed by atoms with Gasteiger partial charge in [0.25, 0.3) is 5.91 Å². The van der Waals surface area contributed by atoms with Crippen LogP contribution in [0.3, 0.4) is 0 Å². The molecule has 1 amide bonds. The predicted octanol–water partition coefficient (Wildman–Crippen LogP) is 4.47. The maximum Gasteiger partial charge on any atom is 0.255 e. The Kier molecular flexibility index (Phi) is 4.98. The number of amides is 1. The number of hydrogen-bond donors (Lipinski definition) is 1. The highest BCUT2D eigenvalue weighted by atomic mass is 19.1. The summed E-state index contributed by atoms with van der Waals surface area (Å²) in [6.45, 7) is 1.99. The maximum atomic E-state index is 13.0. The number of benzene rings is 2. The smallest absolute Gasteiger partial charge is 0.255 e. The summed E-state index contributed by atoms with van der Waals surface area (Å²) < 4.78 is 13.0. The Labute approximate surface area is 152 Å². The maximum absolute atomic E-state index is 13.0. The van der Waals surface area contributed by atoms with Crippen LogP contribution in [0.2, 0.25) is 0 Å². The summed E-state index contributed by atoms with van der Waals surface area (Å²) in [5.74, 6) is -0.396. The van der Waals surface area contributed by atoms with E-state index < -0.39 is 0 Å². The van der Waals surface area contributed by atoms with Gasteiger partial charge in [0.1, 0.15) is 5.82 Å². The Morgan fingerprint density at radius 2 is 1.88 bits per heavy atom. The van der Waals surface area contributed by atoms with Crippen molar-refractivity contribution in [2.24, 2.45) is 0 Å². The summed E-state index contributed by atoms with van der Waals surface area (Å²) in [4.78, 5) is 18.8. The van der Waals surface area contributed by atoms with Gasteiger partial charge in [-0.05, 0) is 48.9 Å². The minimum absolute atomic E-state index is 0.109. The molecule has 0 spiro atoms. The number of anilines is 1. The Morgan fingerprint density at radius 3 is 2.58 bits per heavy atom. The lowest BCUT2D eigenvalue weighted by atomic mass is 10.1. The van der Waals surface area contributed by atoms with Gasteiger partial charge in [-0.3, -0.25) is 4.79 Å². The van der Waals surface area contributed by atoms with Gasteiger partial charge in [-0.25, -0.2) is 9.37 Å². The Bertz CT molecular complexity index is 978. The summed E-state index contributed by atoms with van der Waals surface area (Å²) in [6, 6.07) is 13.8. The van der Waals surface area contributed by atoms with Crippen LogP contribution in [0.25, 0.3) is 17.0 Å². The van der Waals surface area contributed by atoms with E-state index in [4.69, 9.17) is 0 Å². The van der Waals surface area contributed by atoms with Crippen molar-refractivity contribution < 1.29 is 9.18 Å². The fourth-order valence-corrected chi connectivity index (χ4v) is 2.66. The Balaban J connectivity index is 2.00. The number of pyridine rings is 1. The molecule has 0 aliphatic rings. The second kappa shape index (κ2) is 7.35. The fraction of sp³-hybridized carbons (Fsp3) is 0.143. The van der Waals surface area contributed by atoms with Crippen molar-refractivity contribution in [3.05, 3.63) is 77.4 Å². The average Bonchev–Trinajstić information content (AvgIpc) is 2.63. The van der Waals surface area contributed by atoms with Gasteiger partial charge in [-0.1, -0.05) is 18.2 Å². The van der Waals surface area contributed by atoms with Crippen molar-refractivity contribution in [3.63, 3.8) is 0 Å². The molecule has 1 heterocycles. The molecule has 0 unspecified atom stereocenters. The summed E-state index contributed by atoms with van der Waals surface area (Å²) >= 11 is 0. The highest BCUT2D eigenvalue weighted by molar-refractivity contribution is 6.00. The molecule has 0 radical (unpaired) electrons. The molecule has 0 atom stereocenters. The largest absolute Gasteiger partial charge is 0.362 e. The fourth-order valence-electron chi connectivity index (χ4n) is 2.66. The van der Waals surface area contributed by atoms with Crippen LogP contribution in [0, 0.1) is 12.7 Å². The van der Waals surface area contributed by atoms with Crippen molar-refractivity contribution in [1.82, 2.24) is 9.88 Å². The van der Waals surface area contributed by atoms with Gasteiger partial charge in [0.05, 0.1) is 16.8 Å². The van der Waals surface area contributed by atoms with Crippen molar-refractivity contribution >= 4 is 28.6 Å². The van der Waals surface area contributed by atoms with Crippen LogP contribution >= 0.6 is 0 Å². The molecule has 1 N–H and O–H groups in total. The SMILES string of the molecule is Cc1cccc2cc(C(=O)N(C)C)c(C=CNc3ccc(F)cc3)nc12. The first-order valence-corrected chi connectivity index (χ1v) is 8.26. The lowest BCUT2D eigenvalue weighted by Crippen LogP contribution is -2.23. The summed E-state index contributed by atoms with van der Waals surface area (Å²) in [6.07, 6.45) is 3.46. The Morgan fingerprint density at radius 1 is 1.15 bits per heavy atom. The molecular weight excluding hydrogens is 329 g/mol. The Hall–Kier alpha value is -3.21. The second-order valence-corrected chi connectivity index (χ2v) is 6.25. The quantitative estimate of drug-likeness (QED) is 0.756. The molecule has 0 saturated heterocycles. The minimum atomic E-state index is -0.287. The van der Waals surface area contributed by atoms with Gasteiger partial charge in [0, 0.05) is 31.4 Å². The van der Waals surface area contributed by atoms with Crippen molar-refractivity contribution in [2.75, 3.05) is 19.4 Å². The van der Waals surface area contributed by atoms with E-state index in [0.29, 0.717) is 11.3 Å². The molecule has 0 bridgehead atoms. The van der Waals surface area contributed by atoms with Crippen LogP contribution in [0.15, 0.2) is 54.7 Å². The van der Waals surface area contributed by atoms with Gasteiger partial charge in [-0.2, -0.15) is 0 Å². The molecule has 1 aromatic heterocycles. The first-order chi connectivity index (χ1) is 12.5. The van der Waals surface area contributed by atoms with Crippen molar-refractivity contribution in [1.29, 1.82) is 0 Å². The molecule has 2 aromatic carbocycles. The first kappa shape index (κ1) is 17.6. The van der Waals surface area contributed by atoms with Gasteiger partial charge < -0.3 is 10.2 Å². The van der Waals surface area contributed by atoms with E-state index in [1.54, 1.807) is 38.5 Å². The van der Waals surface area contributed by atoms with E-state index in [9.17, 15) is 9.18 Å². The molecule has 0 saturated carbocycles. The first-order valence-electron chi connectivity index (χ1n) is 8.26. The number of para-hydroxylation sites is 1. The number of fused-ring (bicyclic) bond motifs is 1. The molecule has 0 aliphatic heterocycles. The van der Waals surface area contributed by atoms with Crippen LogP contribution in [0.4, 0.5) is 10.1 Å². The van der Waals surface area contributed by atoms with Gasteiger partial charge >= 0.3 is 0 Å². The summed E-state index contributed by atoms with van der Waals surface area (Å²) in [5, 5.41) is 4.00. The number of aryl methyl sites for hydroxylation is 1. The summed E-state index contributed by atoms with van der Waals surface area (Å²) in [7, 11) is 3.43. The second-order valence-electron chi connectivity index (χ2n) is 6.25. The zero-order chi connectivity index (χ0) is 18.7. The van der Waals surface area contributed by atoms with Crippen molar-refractivity contribution in [3.8, 4) is 0 Å². The highest BCUT2D eigenvalue weighted by Crippen LogP contribution is 2.22.